The van der Waals surface area contributed by atoms with E-state index < -0.39 is 31.1 Å². The maximum absolute atomic E-state index is 12.4. The van der Waals surface area contributed by atoms with Crippen molar-refractivity contribution in [2.45, 2.75) is 33.7 Å². The Labute approximate surface area is 160 Å². The van der Waals surface area contributed by atoms with Crippen molar-refractivity contribution in [1.29, 1.82) is 0 Å². The molecule has 0 aliphatic carbocycles. The molecule has 0 saturated carbocycles. The van der Waals surface area contributed by atoms with Crippen LogP contribution in [0.4, 0.5) is 0 Å². The zero-order valence-electron chi connectivity index (χ0n) is 16.5. The third-order valence-corrected chi connectivity index (χ3v) is 3.67. The maximum atomic E-state index is 12.4. The number of aliphatic hydroxyl groups is 1. The van der Waals surface area contributed by atoms with Gasteiger partial charge in [-0.2, -0.15) is 0 Å². The minimum absolute atomic E-state index is 0.291. The van der Waals surface area contributed by atoms with Crippen LogP contribution >= 0.6 is 0 Å². The van der Waals surface area contributed by atoms with Gasteiger partial charge in [0.15, 0.2) is 12.6 Å². The van der Waals surface area contributed by atoms with Crippen LogP contribution in [0.1, 0.15) is 38.1 Å². The summed E-state index contributed by atoms with van der Waals surface area (Å²) in [6, 6.07) is 7.10. The molecule has 1 rings (SSSR count). The van der Waals surface area contributed by atoms with Gasteiger partial charge in [0.05, 0.1) is 6.61 Å². The molecule has 0 aliphatic heterocycles. The summed E-state index contributed by atoms with van der Waals surface area (Å²) in [5.41, 5.74) is 0.361. The monoisotopic (exact) mass is 378 g/mol. The molecule has 1 aromatic rings. The summed E-state index contributed by atoms with van der Waals surface area (Å²) in [6.45, 7) is 8.14. The highest BCUT2D eigenvalue weighted by atomic mass is 16.5. The van der Waals surface area contributed by atoms with Gasteiger partial charge in [0.2, 0.25) is 0 Å². The highest BCUT2D eigenvalue weighted by Gasteiger charge is 2.24. The molecule has 0 heterocycles. The van der Waals surface area contributed by atoms with Crippen LogP contribution in [0.3, 0.4) is 0 Å². The summed E-state index contributed by atoms with van der Waals surface area (Å²) in [5.74, 6) is -1.06. The van der Waals surface area contributed by atoms with Gasteiger partial charge in [0.25, 0.3) is 11.8 Å². The molecule has 0 saturated heterocycles. The van der Waals surface area contributed by atoms with Crippen molar-refractivity contribution in [2.75, 3.05) is 26.3 Å². The molecule has 27 heavy (non-hydrogen) atoms. The van der Waals surface area contributed by atoms with E-state index in [0.29, 0.717) is 30.5 Å². The number of hydrogen-bond donors (Lipinski definition) is 2. The average molecular weight is 378 g/mol. The third-order valence-electron chi connectivity index (χ3n) is 3.67. The van der Waals surface area contributed by atoms with E-state index in [1.54, 1.807) is 35.2 Å². The van der Waals surface area contributed by atoms with Crippen LogP contribution in [0, 0.1) is 11.8 Å². The van der Waals surface area contributed by atoms with E-state index in [1.807, 2.05) is 27.7 Å². The molecule has 150 valence electrons. The summed E-state index contributed by atoms with van der Waals surface area (Å²) in [5, 5.41) is 11.8. The summed E-state index contributed by atoms with van der Waals surface area (Å²) in [7, 11) is 0. The summed E-state index contributed by atoms with van der Waals surface area (Å²) in [4.78, 5) is 38.3. The molecule has 7 nitrogen and oxygen atoms in total. The van der Waals surface area contributed by atoms with Crippen molar-refractivity contribution in [3.8, 4) is 0 Å². The van der Waals surface area contributed by atoms with Crippen LogP contribution < -0.4 is 5.32 Å². The average Bonchev–Trinajstić information content (AvgIpc) is 2.63. The van der Waals surface area contributed by atoms with E-state index in [9.17, 15) is 19.5 Å². The number of ether oxygens (including phenoxy) is 1. The van der Waals surface area contributed by atoms with Crippen molar-refractivity contribution in [3.05, 3.63) is 35.9 Å². The molecule has 0 fully saturated rings. The lowest BCUT2D eigenvalue weighted by Crippen LogP contribution is -2.46. The molecule has 0 bridgehead atoms. The Bertz CT molecular complexity index is 606. The number of carbonyl (C=O) groups excluding carboxylic acids is 3. The zero-order chi connectivity index (χ0) is 20.4. The molecule has 0 aromatic heterocycles. The molecule has 7 heteroatoms. The number of carbonyl (C=O) groups is 3. The second-order valence-electron chi connectivity index (χ2n) is 7.27. The van der Waals surface area contributed by atoms with Gasteiger partial charge in [-0.3, -0.25) is 9.59 Å². The molecular weight excluding hydrogens is 348 g/mol. The molecular formula is C20H30N2O5. The Morgan fingerprint density at radius 2 is 1.59 bits per heavy atom. The fourth-order valence-corrected chi connectivity index (χ4v) is 2.49. The zero-order valence-corrected chi connectivity index (χ0v) is 16.5. The first-order valence-electron chi connectivity index (χ1n) is 9.15. The number of hydrogen-bond acceptors (Lipinski definition) is 5. The quantitative estimate of drug-likeness (QED) is 0.601. The minimum Gasteiger partial charge on any atom is -0.454 e. The Morgan fingerprint density at radius 1 is 1.04 bits per heavy atom. The Kier molecular flexibility index (Phi) is 9.50. The first kappa shape index (κ1) is 22.6. The van der Waals surface area contributed by atoms with Crippen LogP contribution in [0.15, 0.2) is 30.3 Å². The predicted molar refractivity (Wildman–Crippen MR) is 102 cm³/mol. The number of nitrogens with one attached hydrogen (secondary N) is 1. The largest absolute Gasteiger partial charge is 0.454 e. The summed E-state index contributed by atoms with van der Waals surface area (Å²) < 4.78 is 5.03. The van der Waals surface area contributed by atoms with E-state index in [0.717, 1.165) is 0 Å². The molecule has 2 amide bonds. The van der Waals surface area contributed by atoms with Crippen molar-refractivity contribution < 1.29 is 24.2 Å². The van der Waals surface area contributed by atoms with Gasteiger partial charge in [-0.25, -0.2) is 4.79 Å². The van der Waals surface area contributed by atoms with Crippen LogP contribution in [0.25, 0.3) is 0 Å². The van der Waals surface area contributed by atoms with Crippen LogP contribution in [0.2, 0.25) is 0 Å². The fraction of sp³-hybridized carbons (Fsp3) is 0.550. The van der Waals surface area contributed by atoms with Gasteiger partial charge in [0.1, 0.15) is 0 Å². The van der Waals surface area contributed by atoms with Crippen molar-refractivity contribution in [2.24, 2.45) is 11.8 Å². The molecule has 2 N–H and O–H groups in total. The molecule has 1 unspecified atom stereocenters. The second-order valence-corrected chi connectivity index (χ2v) is 7.27. The first-order valence-corrected chi connectivity index (χ1v) is 9.15. The van der Waals surface area contributed by atoms with Crippen LogP contribution in [-0.2, 0) is 14.3 Å². The third kappa shape index (κ3) is 8.21. The molecule has 0 radical (unpaired) electrons. The number of amides is 2. The van der Waals surface area contributed by atoms with E-state index >= 15 is 0 Å². The van der Waals surface area contributed by atoms with Gasteiger partial charge >= 0.3 is 5.97 Å². The number of aliphatic hydroxyl groups excluding tert-OH is 1. The van der Waals surface area contributed by atoms with Gasteiger partial charge in [-0.15, -0.1) is 0 Å². The van der Waals surface area contributed by atoms with Crippen LogP contribution in [0.5, 0.6) is 0 Å². The van der Waals surface area contributed by atoms with Crippen molar-refractivity contribution in [1.82, 2.24) is 10.2 Å². The first-order chi connectivity index (χ1) is 12.7. The number of rotatable bonds is 10. The van der Waals surface area contributed by atoms with Gasteiger partial charge < -0.3 is 20.1 Å². The molecule has 1 aromatic carbocycles. The van der Waals surface area contributed by atoms with E-state index in [-0.39, 0.29) is 5.91 Å². The lowest BCUT2D eigenvalue weighted by Gasteiger charge is -2.26. The van der Waals surface area contributed by atoms with E-state index in [2.05, 4.69) is 5.32 Å². The lowest BCUT2D eigenvalue weighted by atomic mass is 10.1. The second kappa shape index (κ2) is 11.3. The Morgan fingerprint density at radius 3 is 2.07 bits per heavy atom. The van der Waals surface area contributed by atoms with Crippen molar-refractivity contribution in [3.63, 3.8) is 0 Å². The van der Waals surface area contributed by atoms with E-state index in [1.165, 1.54) is 0 Å². The maximum Gasteiger partial charge on any atom is 0.331 e. The lowest BCUT2D eigenvalue weighted by molar-refractivity contribution is -0.154. The molecule has 0 spiro atoms. The number of benzene rings is 1. The van der Waals surface area contributed by atoms with E-state index in [4.69, 9.17) is 4.74 Å². The Hall–Kier alpha value is -2.41. The molecule has 0 aliphatic rings. The molecule has 1 atom stereocenters. The standard InChI is InChI=1S/C20H30N2O5/c1-14(2)10-22(11-15(3)4)18(24)13-27-20(26)17(12-23)21-19(25)16-8-6-5-7-9-16/h5-9,14-15,17,23H,10-13H2,1-4H3,(H,21,25). The highest BCUT2D eigenvalue weighted by molar-refractivity contribution is 5.97. The van der Waals surface area contributed by atoms with Gasteiger partial charge in [-0.1, -0.05) is 45.9 Å². The number of nitrogens with zero attached hydrogens (tertiary/aromatic N) is 1. The normalized spacial score (nSPS) is 12.0. The van der Waals surface area contributed by atoms with Crippen LogP contribution in [-0.4, -0.2) is 60.1 Å². The SMILES string of the molecule is CC(C)CN(CC(C)C)C(=O)COC(=O)C(CO)NC(=O)c1ccccc1. The minimum atomic E-state index is -1.23. The fourth-order valence-electron chi connectivity index (χ4n) is 2.49. The Balaban J connectivity index is 2.61. The van der Waals surface area contributed by atoms with Gasteiger partial charge in [0, 0.05) is 18.7 Å². The summed E-state index contributed by atoms with van der Waals surface area (Å²) in [6.07, 6.45) is 0. The summed E-state index contributed by atoms with van der Waals surface area (Å²) >= 11 is 0. The predicted octanol–water partition coefficient (Wildman–Crippen LogP) is 1.46. The smallest absolute Gasteiger partial charge is 0.331 e. The van der Waals surface area contributed by atoms with Crippen molar-refractivity contribution >= 4 is 17.8 Å². The number of esters is 1. The van der Waals surface area contributed by atoms with Gasteiger partial charge in [-0.05, 0) is 24.0 Å². The highest BCUT2D eigenvalue weighted by Crippen LogP contribution is 2.05. The topological polar surface area (TPSA) is 95.9 Å².